The number of ether oxygens (including phenoxy) is 1. The normalized spacial score (nSPS) is 12.2. The summed E-state index contributed by atoms with van der Waals surface area (Å²) in [7, 11) is 1.56. The Labute approximate surface area is 67.2 Å². The maximum Gasteiger partial charge on any atom is 0.102 e. The van der Waals surface area contributed by atoms with Gasteiger partial charge in [0.25, 0.3) is 0 Å². The summed E-state index contributed by atoms with van der Waals surface area (Å²) in [6, 6.07) is -0.373. The van der Waals surface area contributed by atoms with Gasteiger partial charge in [-0.1, -0.05) is 13.2 Å². The second-order valence-electron chi connectivity index (χ2n) is 2.38. The molecule has 0 aromatic rings. The molecule has 0 aliphatic carbocycles. The number of rotatable bonds is 5. The van der Waals surface area contributed by atoms with Crippen molar-refractivity contribution in [1.29, 1.82) is 0 Å². The van der Waals surface area contributed by atoms with Crippen molar-refractivity contribution in [3.63, 3.8) is 0 Å². The predicted octanol–water partition coefficient (Wildman–Crippen LogP) is 1.33. The van der Waals surface area contributed by atoms with Crippen LogP contribution in [0.3, 0.4) is 0 Å². The molecular formula is C8H15NO2. The topological polar surface area (TPSA) is 55.5 Å². The standard InChI is InChI=1S/C8H15NO2/c1-6(11-3)4-5-8(9)7(2)10/h8,10H,1-2,4-5,9H2,3H3/t8-/m0/s1. The average molecular weight is 157 g/mol. The van der Waals surface area contributed by atoms with Crippen LogP contribution in [0.4, 0.5) is 0 Å². The van der Waals surface area contributed by atoms with Crippen LogP contribution in [0, 0.1) is 0 Å². The van der Waals surface area contributed by atoms with Gasteiger partial charge in [0.1, 0.15) is 5.76 Å². The van der Waals surface area contributed by atoms with Gasteiger partial charge in [-0.15, -0.1) is 0 Å². The lowest BCUT2D eigenvalue weighted by Crippen LogP contribution is -2.21. The van der Waals surface area contributed by atoms with Crippen molar-refractivity contribution in [3.8, 4) is 0 Å². The molecule has 3 nitrogen and oxygen atoms in total. The SMILES string of the molecule is C=C(CC[C@H](N)C(=C)O)OC. The van der Waals surface area contributed by atoms with Gasteiger partial charge in [-0.2, -0.15) is 0 Å². The zero-order valence-electron chi connectivity index (χ0n) is 6.84. The van der Waals surface area contributed by atoms with E-state index < -0.39 is 0 Å². The maximum absolute atomic E-state index is 8.82. The molecule has 64 valence electrons. The first-order valence-corrected chi connectivity index (χ1v) is 3.43. The van der Waals surface area contributed by atoms with Crippen LogP contribution in [-0.2, 0) is 4.74 Å². The highest BCUT2D eigenvalue weighted by molar-refractivity contribution is 4.95. The lowest BCUT2D eigenvalue weighted by atomic mass is 10.1. The molecule has 0 saturated carbocycles. The Morgan fingerprint density at radius 3 is 2.55 bits per heavy atom. The van der Waals surface area contributed by atoms with Gasteiger partial charge in [0.05, 0.1) is 18.9 Å². The first-order valence-electron chi connectivity index (χ1n) is 3.43. The average Bonchev–Trinajstić information content (AvgIpc) is 1.99. The number of hydrogen-bond donors (Lipinski definition) is 2. The molecule has 3 heteroatoms. The minimum atomic E-state index is -0.373. The number of aliphatic hydroxyl groups excluding tert-OH is 1. The van der Waals surface area contributed by atoms with E-state index in [9.17, 15) is 0 Å². The molecule has 0 aliphatic heterocycles. The molecule has 0 amide bonds. The van der Waals surface area contributed by atoms with E-state index >= 15 is 0 Å². The number of aliphatic hydroxyl groups is 1. The maximum atomic E-state index is 8.82. The summed E-state index contributed by atoms with van der Waals surface area (Å²) in [4.78, 5) is 0. The molecule has 0 spiro atoms. The summed E-state index contributed by atoms with van der Waals surface area (Å²) in [5.41, 5.74) is 5.47. The third-order valence-corrected chi connectivity index (χ3v) is 1.45. The van der Waals surface area contributed by atoms with Gasteiger partial charge < -0.3 is 15.6 Å². The zero-order chi connectivity index (χ0) is 8.85. The van der Waals surface area contributed by atoms with Gasteiger partial charge in [-0.05, 0) is 6.42 Å². The van der Waals surface area contributed by atoms with E-state index in [1.54, 1.807) is 7.11 Å². The summed E-state index contributed by atoms with van der Waals surface area (Å²) in [6.45, 7) is 6.93. The molecule has 1 atom stereocenters. The van der Waals surface area contributed by atoms with Gasteiger partial charge in [0.2, 0.25) is 0 Å². The van der Waals surface area contributed by atoms with Crippen molar-refractivity contribution in [2.45, 2.75) is 18.9 Å². The third kappa shape index (κ3) is 4.44. The zero-order valence-corrected chi connectivity index (χ0v) is 6.84. The molecule has 0 rings (SSSR count). The molecule has 0 fully saturated rings. The van der Waals surface area contributed by atoms with E-state index in [1.165, 1.54) is 0 Å². The van der Waals surface area contributed by atoms with Crippen molar-refractivity contribution in [3.05, 3.63) is 24.7 Å². The van der Waals surface area contributed by atoms with E-state index in [2.05, 4.69) is 13.2 Å². The second kappa shape index (κ2) is 4.79. The molecular weight excluding hydrogens is 142 g/mol. The predicted molar refractivity (Wildman–Crippen MR) is 45.1 cm³/mol. The minimum Gasteiger partial charge on any atom is -0.511 e. The first-order chi connectivity index (χ1) is 5.07. The van der Waals surface area contributed by atoms with Crippen LogP contribution in [0.5, 0.6) is 0 Å². The Kier molecular flexibility index (Phi) is 4.38. The molecule has 0 heterocycles. The molecule has 0 saturated heterocycles. The first kappa shape index (κ1) is 10.0. The van der Waals surface area contributed by atoms with Crippen LogP contribution in [0.15, 0.2) is 24.7 Å². The number of allylic oxidation sites excluding steroid dienone is 1. The summed E-state index contributed by atoms with van der Waals surface area (Å²) in [5, 5.41) is 8.82. The molecule has 0 radical (unpaired) electrons. The van der Waals surface area contributed by atoms with E-state index in [4.69, 9.17) is 15.6 Å². The summed E-state index contributed by atoms with van der Waals surface area (Å²) < 4.78 is 4.82. The fraction of sp³-hybridized carbons (Fsp3) is 0.500. The Balaban J connectivity index is 3.54. The van der Waals surface area contributed by atoms with Crippen LogP contribution in [0.2, 0.25) is 0 Å². The van der Waals surface area contributed by atoms with Gasteiger partial charge in [-0.25, -0.2) is 0 Å². The highest BCUT2D eigenvalue weighted by atomic mass is 16.5. The summed E-state index contributed by atoms with van der Waals surface area (Å²) in [6.07, 6.45) is 1.26. The van der Waals surface area contributed by atoms with Crippen molar-refractivity contribution in [2.75, 3.05) is 7.11 Å². The van der Waals surface area contributed by atoms with Crippen LogP contribution in [0.1, 0.15) is 12.8 Å². The Morgan fingerprint density at radius 2 is 2.18 bits per heavy atom. The molecule has 0 aromatic heterocycles. The van der Waals surface area contributed by atoms with Crippen LogP contribution in [-0.4, -0.2) is 18.3 Å². The molecule has 0 aromatic carbocycles. The fourth-order valence-corrected chi connectivity index (χ4v) is 0.585. The Morgan fingerprint density at radius 1 is 1.64 bits per heavy atom. The number of nitrogens with two attached hydrogens (primary N) is 1. The monoisotopic (exact) mass is 157 g/mol. The Hall–Kier alpha value is -0.960. The van der Waals surface area contributed by atoms with Gasteiger partial charge >= 0.3 is 0 Å². The quantitative estimate of drug-likeness (QED) is 0.592. The van der Waals surface area contributed by atoms with Gasteiger partial charge in [0.15, 0.2) is 0 Å². The molecule has 11 heavy (non-hydrogen) atoms. The van der Waals surface area contributed by atoms with Crippen molar-refractivity contribution < 1.29 is 9.84 Å². The van der Waals surface area contributed by atoms with E-state index in [1.807, 2.05) is 0 Å². The minimum absolute atomic E-state index is 0.00824. The van der Waals surface area contributed by atoms with Gasteiger partial charge in [-0.3, -0.25) is 0 Å². The van der Waals surface area contributed by atoms with Crippen LogP contribution >= 0.6 is 0 Å². The molecule has 3 N–H and O–H groups in total. The largest absolute Gasteiger partial charge is 0.511 e. The van der Waals surface area contributed by atoms with Gasteiger partial charge in [0, 0.05) is 6.42 Å². The van der Waals surface area contributed by atoms with Crippen molar-refractivity contribution >= 4 is 0 Å². The highest BCUT2D eigenvalue weighted by Crippen LogP contribution is 2.07. The third-order valence-electron chi connectivity index (χ3n) is 1.45. The van der Waals surface area contributed by atoms with Crippen LogP contribution in [0.25, 0.3) is 0 Å². The van der Waals surface area contributed by atoms with Crippen molar-refractivity contribution in [1.82, 2.24) is 0 Å². The summed E-state index contributed by atoms with van der Waals surface area (Å²) >= 11 is 0. The fourth-order valence-electron chi connectivity index (χ4n) is 0.585. The lowest BCUT2D eigenvalue weighted by molar-refractivity contribution is 0.271. The molecule has 0 aliphatic rings. The van der Waals surface area contributed by atoms with Crippen molar-refractivity contribution in [2.24, 2.45) is 5.73 Å². The molecule has 0 unspecified atom stereocenters. The Bertz CT molecular complexity index is 154. The summed E-state index contributed by atoms with van der Waals surface area (Å²) in [5.74, 6) is 0.676. The smallest absolute Gasteiger partial charge is 0.102 e. The number of methoxy groups -OCH3 is 1. The molecule has 0 bridgehead atoms. The highest BCUT2D eigenvalue weighted by Gasteiger charge is 2.05. The number of hydrogen-bond acceptors (Lipinski definition) is 3. The second-order valence-corrected chi connectivity index (χ2v) is 2.38. The van der Waals surface area contributed by atoms with E-state index in [0.29, 0.717) is 18.6 Å². The van der Waals surface area contributed by atoms with Crippen LogP contribution < -0.4 is 5.73 Å². The van der Waals surface area contributed by atoms with E-state index in [0.717, 1.165) is 0 Å². The van der Waals surface area contributed by atoms with E-state index in [-0.39, 0.29) is 11.8 Å². The lowest BCUT2D eigenvalue weighted by Gasteiger charge is -2.09.